The SMILES string of the molecule is C=CCNC(=O)CN=C(N)Nc1ccc(OC)c(OC)c1. The lowest BCUT2D eigenvalue weighted by molar-refractivity contribution is -0.119. The summed E-state index contributed by atoms with van der Waals surface area (Å²) in [6.45, 7) is 3.85. The predicted octanol–water partition coefficient (Wildman–Crippen LogP) is 0.733. The maximum Gasteiger partial charge on any atom is 0.242 e. The quantitative estimate of drug-likeness (QED) is 0.391. The molecular formula is C14H20N4O3. The predicted molar refractivity (Wildman–Crippen MR) is 82.9 cm³/mol. The molecule has 0 saturated heterocycles. The van der Waals surface area contributed by atoms with Crippen LogP contribution in [0.5, 0.6) is 11.5 Å². The molecule has 7 heteroatoms. The van der Waals surface area contributed by atoms with E-state index in [0.717, 1.165) is 0 Å². The third kappa shape index (κ3) is 5.43. The molecule has 0 fully saturated rings. The number of amides is 1. The zero-order valence-corrected chi connectivity index (χ0v) is 12.2. The lowest BCUT2D eigenvalue weighted by Gasteiger charge is -2.10. The standard InChI is InChI=1S/C14H20N4O3/c1-4-7-16-13(19)9-17-14(15)18-10-5-6-11(20-2)12(8-10)21-3/h4-6,8H,1,7,9H2,2-3H3,(H,16,19)(H3,15,17,18). The topological polar surface area (TPSA) is 98.0 Å². The molecular weight excluding hydrogens is 272 g/mol. The van der Waals surface area contributed by atoms with Crippen LogP contribution in [0.4, 0.5) is 5.69 Å². The Hall–Kier alpha value is -2.70. The Labute approximate surface area is 123 Å². The third-order valence-corrected chi connectivity index (χ3v) is 2.49. The Bertz CT molecular complexity index is 529. The average molecular weight is 292 g/mol. The number of carbonyl (C=O) groups is 1. The van der Waals surface area contributed by atoms with Crippen LogP contribution in [-0.2, 0) is 4.79 Å². The number of aliphatic imine (C=N–C) groups is 1. The van der Waals surface area contributed by atoms with Crippen molar-refractivity contribution < 1.29 is 14.3 Å². The molecule has 0 aliphatic rings. The summed E-state index contributed by atoms with van der Waals surface area (Å²) in [5.74, 6) is 1.09. The molecule has 0 aliphatic heterocycles. The zero-order valence-electron chi connectivity index (χ0n) is 12.2. The largest absolute Gasteiger partial charge is 0.493 e. The van der Waals surface area contributed by atoms with Gasteiger partial charge >= 0.3 is 0 Å². The smallest absolute Gasteiger partial charge is 0.242 e. The Morgan fingerprint density at radius 2 is 2.10 bits per heavy atom. The van der Waals surface area contributed by atoms with Crippen LogP contribution in [-0.4, -0.2) is 39.2 Å². The maximum absolute atomic E-state index is 11.4. The van der Waals surface area contributed by atoms with Crippen molar-refractivity contribution in [1.82, 2.24) is 5.32 Å². The van der Waals surface area contributed by atoms with Gasteiger partial charge in [0.25, 0.3) is 0 Å². The summed E-state index contributed by atoms with van der Waals surface area (Å²) < 4.78 is 10.3. The van der Waals surface area contributed by atoms with Gasteiger partial charge in [-0.15, -0.1) is 6.58 Å². The number of nitrogens with one attached hydrogen (secondary N) is 2. The molecule has 114 valence electrons. The number of hydrogen-bond donors (Lipinski definition) is 3. The van der Waals surface area contributed by atoms with Crippen molar-refractivity contribution in [2.24, 2.45) is 10.7 Å². The maximum atomic E-state index is 11.4. The van der Waals surface area contributed by atoms with Crippen LogP contribution in [0.25, 0.3) is 0 Å². The second-order valence-electron chi connectivity index (χ2n) is 3.99. The van der Waals surface area contributed by atoms with Crippen molar-refractivity contribution in [3.8, 4) is 11.5 Å². The molecule has 0 saturated carbocycles. The molecule has 0 bridgehead atoms. The van der Waals surface area contributed by atoms with Crippen LogP contribution in [0.1, 0.15) is 0 Å². The number of anilines is 1. The molecule has 0 aromatic heterocycles. The normalized spacial score (nSPS) is 10.7. The molecule has 1 rings (SSSR count). The lowest BCUT2D eigenvalue weighted by Crippen LogP contribution is -2.29. The van der Waals surface area contributed by atoms with Gasteiger partial charge < -0.3 is 25.8 Å². The van der Waals surface area contributed by atoms with Gasteiger partial charge in [-0.05, 0) is 12.1 Å². The van der Waals surface area contributed by atoms with Gasteiger partial charge in [-0.1, -0.05) is 6.08 Å². The molecule has 1 aromatic carbocycles. The highest BCUT2D eigenvalue weighted by Gasteiger charge is 2.05. The van der Waals surface area contributed by atoms with Crippen LogP contribution >= 0.6 is 0 Å². The van der Waals surface area contributed by atoms with E-state index in [9.17, 15) is 4.79 Å². The fourth-order valence-electron chi connectivity index (χ4n) is 1.50. The molecule has 7 nitrogen and oxygen atoms in total. The van der Waals surface area contributed by atoms with Gasteiger partial charge in [0, 0.05) is 18.3 Å². The van der Waals surface area contributed by atoms with Gasteiger partial charge in [-0.3, -0.25) is 4.79 Å². The first-order valence-electron chi connectivity index (χ1n) is 6.27. The minimum Gasteiger partial charge on any atom is -0.493 e. The fourth-order valence-corrected chi connectivity index (χ4v) is 1.50. The molecule has 1 aromatic rings. The Kier molecular flexibility index (Phi) is 6.59. The molecule has 0 radical (unpaired) electrons. The number of nitrogens with zero attached hydrogens (tertiary/aromatic N) is 1. The van der Waals surface area contributed by atoms with E-state index in [-0.39, 0.29) is 18.4 Å². The highest BCUT2D eigenvalue weighted by Crippen LogP contribution is 2.29. The van der Waals surface area contributed by atoms with E-state index in [4.69, 9.17) is 15.2 Å². The second kappa shape index (κ2) is 8.47. The highest BCUT2D eigenvalue weighted by molar-refractivity contribution is 5.94. The summed E-state index contributed by atoms with van der Waals surface area (Å²) in [4.78, 5) is 15.3. The number of rotatable bonds is 7. The molecule has 4 N–H and O–H groups in total. The minimum absolute atomic E-state index is 0.0556. The Morgan fingerprint density at radius 1 is 1.38 bits per heavy atom. The monoisotopic (exact) mass is 292 g/mol. The summed E-state index contributed by atoms with van der Waals surface area (Å²) in [5, 5.41) is 5.47. The second-order valence-corrected chi connectivity index (χ2v) is 3.99. The first-order chi connectivity index (χ1) is 10.1. The number of methoxy groups -OCH3 is 2. The highest BCUT2D eigenvalue weighted by atomic mass is 16.5. The number of guanidine groups is 1. The molecule has 0 atom stereocenters. The Balaban J connectivity index is 2.63. The summed E-state index contributed by atoms with van der Waals surface area (Å²) in [7, 11) is 3.10. The van der Waals surface area contributed by atoms with Gasteiger partial charge in [-0.2, -0.15) is 0 Å². The van der Waals surface area contributed by atoms with Crippen LogP contribution in [0.2, 0.25) is 0 Å². The lowest BCUT2D eigenvalue weighted by atomic mass is 10.3. The van der Waals surface area contributed by atoms with Crippen LogP contribution in [0.15, 0.2) is 35.8 Å². The first kappa shape index (κ1) is 16.4. The molecule has 0 unspecified atom stereocenters. The van der Waals surface area contributed by atoms with Crippen LogP contribution in [0, 0.1) is 0 Å². The van der Waals surface area contributed by atoms with E-state index in [1.807, 2.05) is 0 Å². The number of hydrogen-bond acceptors (Lipinski definition) is 4. The fraction of sp³-hybridized carbons (Fsp3) is 0.286. The van der Waals surface area contributed by atoms with E-state index in [2.05, 4.69) is 22.2 Å². The van der Waals surface area contributed by atoms with Crippen molar-refractivity contribution in [2.45, 2.75) is 0 Å². The van der Waals surface area contributed by atoms with Gasteiger partial charge in [0.05, 0.1) is 14.2 Å². The van der Waals surface area contributed by atoms with E-state index >= 15 is 0 Å². The van der Waals surface area contributed by atoms with Crippen molar-refractivity contribution >= 4 is 17.6 Å². The molecule has 0 aliphatic carbocycles. The van der Waals surface area contributed by atoms with Gasteiger partial charge in [-0.25, -0.2) is 4.99 Å². The number of ether oxygens (including phenoxy) is 2. The number of carbonyl (C=O) groups excluding carboxylic acids is 1. The van der Waals surface area contributed by atoms with Gasteiger partial charge in [0.1, 0.15) is 6.54 Å². The first-order valence-corrected chi connectivity index (χ1v) is 6.27. The van der Waals surface area contributed by atoms with Crippen molar-refractivity contribution in [3.63, 3.8) is 0 Å². The minimum atomic E-state index is -0.230. The van der Waals surface area contributed by atoms with Crippen molar-refractivity contribution in [3.05, 3.63) is 30.9 Å². The number of benzene rings is 1. The van der Waals surface area contributed by atoms with Crippen molar-refractivity contribution in [2.75, 3.05) is 32.6 Å². The summed E-state index contributed by atoms with van der Waals surface area (Å²) in [5.41, 5.74) is 6.39. The van der Waals surface area contributed by atoms with Crippen LogP contribution in [0.3, 0.4) is 0 Å². The van der Waals surface area contributed by atoms with Gasteiger partial charge in [0.2, 0.25) is 5.91 Å². The third-order valence-electron chi connectivity index (χ3n) is 2.49. The average Bonchev–Trinajstić information content (AvgIpc) is 2.50. The Morgan fingerprint density at radius 3 is 2.71 bits per heavy atom. The van der Waals surface area contributed by atoms with E-state index in [1.54, 1.807) is 38.5 Å². The van der Waals surface area contributed by atoms with E-state index in [0.29, 0.717) is 23.7 Å². The van der Waals surface area contributed by atoms with Crippen LogP contribution < -0.4 is 25.8 Å². The molecule has 0 spiro atoms. The molecule has 0 heterocycles. The summed E-state index contributed by atoms with van der Waals surface area (Å²) >= 11 is 0. The summed E-state index contributed by atoms with van der Waals surface area (Å²) in [6, 6.07) is 5.23. The van der Waals surface area contributed by atoms with Gasteiger partial charge in [0.15, 0.2) is 17.5 Å². The molecule has 1 amide bonds. The van der Waals surface area contributed by atoms with E-state index in [1.165, 1.54) is 0 Å². The molecule has 21 heavy (non-hydrogen) atoms. The number of nitrogens with two attached hydrogens (primary N) is 1. The van der Waals surface area contributed by atoms with E-state index < -0.39 is 0 Å². The zero-order chi connectivity index (χ0) is 15.7. The summed E-state index contributed by atoms with van der Waals surface area (Å²) in [6.07, 6.45) is 1.59. The van der Waals surface area contributed by atoms with Crippen molar-refractivity contribution in [1.29, 1.82) is 0 Å².